The topological polar surface area (TPSA) is 83.8 Å². The summed E-state index contributed by atoms with van der Waals surface area (Å²) in [5.41, 5.74) is 0.824. The number of amides is 1. The van der Waals surface area contributed by atoms with Gasteiger partial charge in [0.25, 0.3) is 0 Å². The number of nitrogens with one attached hydrogen (secondary N) is 2. The highest BCUT2D eigenvalue weighted by Crippen LogP contribution is 2.23. The second kappa shape index (κ2) is 6.01. The van der Waals surface area contributed by atoms with Crippen LogP contribution in [-0.4, -0.2) is 26.8 Å². The van der Waals surface area contributed by atoms with Crippen molar-refractivity contribution in [3.63, 3.8) is 0 Å². The number of furan rings is 1. The molecule has 21 heavy (non-hydrogen) atoms. The minimum Gasteiger partial charge on any atom is -0.459 e. The smallest absolute Gasteiger partial charge is 0.231 e. The second-order valence-corrected chi connectivity index (χ2v) is 5.52. The molecule has 0 aliphatic rings. The number of H-pyrrole nitrogens is 1. The van der Waals surface area contributed by atoms with Gasteiger partial charge in [0, 0.05) is 5.39 Å². The third kappa shape index (κ3) is 3.25. The van der Waals surface area contributed by atoms with Crippen molar-refractivity contribution < 1.29 is 9.21 Å². The summed E-state index contributed by atoms with van der Waals surface area (Å²) in [5, 5.41) is 11.0. The molecular formula is C14H14N4O2S. The Morgan fingerprint density at radius 3 is 3.10 bits per heavy atom. The van der Waals surface area contributed by atoms with E-state index in [4.69, 9.17) is 4.42 Å². The molecule has 0 aliphatic heterocycles. The first-order valence-corrected chi connectivity index (χ1v) is 7.47. The van der Waals surface area contributed by atoms with Crippen molar-refractivity contribution in [1.29, 1.82) is 0 Å². The van der Waals surface area contributed by atoms with E-state index < -0.39 is 0 Å². The molecule has 0 radical (unpaired) electrons. The Hall–Kier alpha value is -2.28. The van der Waals surface area contributed by atoms with Gasteiger partial charge in [0.1, 0.15) is 17.7 Å². The Morgan fingerprint density at radius 1 is 1.48 bits per heavy atom. The number of hydrogen-bond acceptors (Lipinski definition) is 5. The molecule has 1 aromatic carbocycles. The standard InChI is InChI=1S/C14H14N4O2S/c1-9(12-6-10-4-2-3-5-11(10)20-12)17-13(19)7-21-14-15-8-16-18-14/h2-6,8-9H,7H2,1H3,(H,17,19)(H,15,16,18)/t9-/m1/s1. The number of hydrogen-bond donors (Lipinski definition) is 2. The highest BCUT2D eigenvalue weighted by Gasteiger charge is 2.14. The van der Waals surface area contributed by atoms with Crippen molar-refractivity contribution in [2.45, 2.75) is 18.1 Å². The van der Waals surface area contributed by atoms with Crippen LogP contribution in [0.1, 0.15) is 18.7 Å². The highest BCUT2D eigenvalue weighted by molar-refractivity contribution is 7.99. The van der Waals surface area contributed by atoms with Gasteiger partial charge >= 0.3 is 0 Å². The van der Waals surface area contributed by atoms with Gasteiger partial charge in [-0.05, 0) is 19.1 Å². The van der Waals surface area contributed by atoms with Crippen molar-refractivity contribution >= 4 is 28.6 Å². The van der Waals surface area contributed by atoms with E-state index in [0.29, 0.717) is 5.16 Å². The lowest BCUT2D eigenvalue weighted by molar-refractivity contribution is -0.119. The molecule has 2 N–H and O–H groups in total. The molecule has 1 atom stereocenters. The summed E-state index contributed by atoms with van der Waals surface area (Å²) in [7, 11) is 0. The van der Waals surface area contributed by atoms with E-state index in [1.165, 1.54) is 18.1 Å². The number of nitrogens with zero attached hydrogens (tertiary/aromatic N) is 2. The lowest BCUT2D eigenvalue weighted by atomic mass is 10.2. The zero-order valence-electron chi connectivity index (χ0n) is 11.4. The molecule has 0 saturated heterocycles. The van der Waals surface area contributed by atoms with Gasteiger partial charge in [-0.15, -0.1) is 0 Å². The maximum atomic E-state index is 11.9. The SMILES string of the molecule is C[C@@H](NC(=O)CSc1ncn[nH]1)c1cc2ccccc2o1. The fourth-order valence-electron chi connectivity index (χ4n) is 1.97. The average molecular weight is 302 g/mol. The van der Waals surface area contributed by atoms with E-state index in [1.807, 2.05) is 37.3 Å². The number of carbonyl (C=O) groups excluding carboxylic acids is 1. The second-order valence-electron chi connectivity index (χ2n) is 4.56. The van der Waals surface area contributed by atoms with Crippen molar-refractivity contribution in [2.24, 2.45) is 0 Å². The monoisotopic (exact) mass is 302 g/mol. The maximum absolute atomic E-state index is 11.9. The molecule has 7 heteroatoms. The molecule has 108 valence electrons. The van der Waals surface area contributed by atoms with Crippen LogP contribution < -0.4 is 5.32 Å². The molecule has 0 saturated carbocycles. The van der Waals surface area contributed by atoms with Crippen LogP contribution in [0.5, 0.6) is 0 Å². The van der Waals surface area contributed by atoms with E-state index >= 15 is 0 Å². The van der Waals surface area contributed by atoms with Crippen molar-refractivity contribution in [3.05, 3.63) is 42.4 Å². The van der Waals surface area contributed by atoms with Gasteiger partial charge in [-0.2, -0.15) is 5.10 Å². The third-order valence-electron chi connectivity index (χ3n) is 2.98. The molecule has 2 aromatic heterocycles. The van der Waals surface area contributed by atoms with E-state index in [1.54, 1.807) is 0 Å². The Morgan fingerprint density at radius 2 is 2.33 bits per heavy atom. The average Bonchev–Trinajstić information content (AvgIpc) is 3.14. The minimum absolute atomic E-state index is 0.0793. The number of aromatic nitrogens is 3. The summed E-state index contributed by atoms with van der Waals surface area (Å²) in [4.78, 5) is 15.9. The Bertz CT molecular complexity index is 705. The van der Waals surface area contributed by atoms with Crippen LogP contribution in [0.25, 0.3) is 11.0 Å². The molecule has 2 heterocycles. The van der Waals surface area contributed by atoms with Crippen LogP contribution in [0.3, 0.4) is 0 Å². The number of fused-ring (bicyclic) bond motifs is 1. The van der Waals surface area contributed by atoms with Crippen molar-refractivity contribution in [1.82, 2.24) is 20.5 Å². The molecule has 0 bridgehead atoms. The third-order valence-corrected chi connectivity index (χ3v) is 3.86. The zero-order chi connectivity index (χ0) is 14.7. The van der Waals surface area contributed by atoms with Gasteiger partial charge in [-0.25, -0.2) is 4.98 Å². The fourth-order valence-corrected chi connectivity index (χ4v) is 2.56. The van der Waals surface area contributed by atoms with Gasteiger partial charge in [-0.1, -0.05) is 30.0 Å². The number of aromatic amines is 1. The first-order chi connectivity index (χ1) is 10.2. The highest BCUT2D eigenvalue weighted by atomic mass is 32.2. The summed E-state index contributed by atoms with van der Waals surface area (Å²) < 4.78 is 5.73. The summed E-state index contributed by atoms with van der Waals surface area (Å²) in [6.45, 7) is 1.90. The zero-order valence-corrected chi connectivity index (χ0v) is 12.2. The molecule has 0 spiro atoms. The Labute approximate surface area is 125 Å². The summed E-state index contributed by atoms with van der Waals surface area (Å²) in [5.74, 6) is 0.943. The van der Waals surface area contributed by atoms with Crippen LogP contribution in [0.4, 0.5) is 0 Å². The van der Waals surface area contributed by atoms with Crippen molar-refractivity contribution in [2.75, 3.05) is 5.75 Å². The van der Waals surface area contributed by atoms with E-state index in [2.05, 4.69) is 20.5 Å². The first kappa shape index (κ1) is 13.7. The van der Waals surface area contributed by atoms with Gasteiger partial charge in [0.15, 0.2) is 5.16 Å². The number of rotatable bonds is 5. The number of thioether (sulfide) groups is 1. The molecular weight excluding hydrogens is 288 g/mol. The predicted molar refractivity (Wildman–Crippen MR) is 79.9 cm³/mol. The van der Waals surface area contributed by atoms with Gasteiger partial charge in [-0.3, -0.25) is 9.89 Å². The number of carbonyl (C=O) groups is 1. The fraction of sp³-hybridized carbons (Fsp3) is 0.214. The largest absolute Gasteiger partial charge is 0.459 e. The van der Waals surface area contributed by atoms with Crippen LogP contribution in [-0.2, 0) is 4.79 Å². The predicted octanol–water partition coefficient (Wildman–Crippen LogP) is 2.52. The summed E-state index contributed by atoms with van der Waals surface area (Å²) >= 11 is 1.31. The van der Waals surface area contributed by atoms with E-state index in [0.717, 1.165) is 16.7 Å². The van der Waals surface area contributed by atoms with Crippen molar-refractivity contribution in [3.8, 4) is 0 Å². The summed E-state index contributed by atoms with van der Waals surface area (Å²) in [6, 6.07) is 9.54. The Balaban J connectivity index is 1.60. The lowest BCUT2D eigenvalue weighted by Crippen LogP contribution is -2.27. The first-order valence-electron chi connectivity index (χ1n) is 6.48. The molecule has 0 fully saturated rings. The van der Waals surface area contributed by atoms with Crippen LogP contribution in [0.15, 0.2) is 46.2 Å². The van der Waals surface area contributed by atoms with Gasteiger partial charge in [0.2, 0.25) is 5.91 Å². The quantitative estimate of drug-likeness (QED) is 0.708. The molecule has 3 rings (SSSR count). The normalized spacial score (nSPS) is 12.4. The molecule has 6 nitrogen and oxygen atoms in total. The van der Waals surface area contributed by atoms with E-state index in [9.17, 15) is 4.79 Å². The maximum Gasteiger partial charge on any atom is 0.231 e. The lowest BCUT2D eigenvalue weighted by Gasteiger charge is -2.10. The molecule has 3 aromatic rings. The molecule has 1 amide bonds. The molecule has 0 aliphatic carbocycles. The molecule has 0 unspecified atom stereocenters. The van der Waals surface area contributed by atoms with E-state index in [-0.39, 0.29) is 17.7 Å². The van der Waals surface area contributed by atoms with Crippen LogP contribution in [0.2, 0.25) is 0 Å². The number of benzene rings is 1. The van der Waals surface area contributed by atoms with Crippen LogP contribution in [0, 0.1) is 0 Å². The van der Waals surface area contributed by atoms with Crippen LogP contribution >= 0.6 is 11.8 Å². The van der Waals surface area contributed by atoms with Gasteiger partial charge in [0.05, 0.1) is 11.8 Å². The Kier molecular flexibility index (Phi) is 3.92. The summed E-state index contributed by atoms with van der Waals surface area (Å²) in [6.07, 6.45) is 1.41. The minimum atomic E-state index is -0.180. The van der Waals surface area contributed by atoms with Gasteiger partial charge < -0.3 is 9.73 Å². The number of para-hydroxylation sites is 1.